The van der Waals surface area contributed by atoms with Gasteiger partial charge >= 0.3 is 0 Å². The Morgan fingerprint density at radius 2 is 0.945 bits per heavy atom. The number of aliphatic hydroxyl groups excluding tert-OH is 1. The van der Waals surface area contributed by atoms with Crippen molar-refractivity contribution < 1.29 is 33.1 Å². The molecular formula is C45H61O7PS2. The van der Waals surface area contributed by atoms with Crippen LogP contribution < -0.4 is 0 Å². The average Bonchev–Trinajstić information content (AvgIpc) is 3.18. The van der Waals surface area contributed by atoms with E-state index in [1.807, 2.05) is 72.8 Å². The first-order chi connectivity index (χ1) is 26.0. The van der Waals surface area contributed by atoms with Gasteiger partial charge in [0.2, 0.25) is 0 Å². The van der Waals surface area contributed by atoms with Gasteiger partial charge in [-0.05, 0) is 59.1 Å². The monoisotopic (exact) mass is 808 g/mol. The average molecular weight is 809 g/mol. The first kappa shape index (κ1) is 45.3. The van der Waals surface area contributed by atoms with Crippen LogP contribution in [0.1, 0.15) is 46.2 Å². The van der Waals surface area contributed by atoms with Gasteiger partial charge in [0.1, 0.15) is 10.9 Å². The maximum atomic E-state index is 12.0. The molecule has 10 heteroatoms. The number of benzene rings is 4. The first-order valence-corrected chi connectivity index (χ1v) is 23.2. The topological polar surface area (TPSA) is 83.5 Å². The molecule has 0 saturated carbocycles. The van der Waals surface area contributed by atoms with Gasteiger partial charge in [0, 0.05) is 23.1 Å². The molecule has 4 unspecified atom stereocenters. The first-order valence-electron chi connectivity index (χ1n) is 18.9. The van der Waals surface area contributed by atoms with Crippen LogP contribution in [-0.2, 0) is 41.3 Å². The molecule has 4 aromatic carbocycles. The van der Waals surface area contributed by atoms with Crippen molar-refractivity contribution in [2.75, 3.05) is 26.5 Å². The zero-order valence-electron chi connectivity index (χ0n) is 32.3. The minimum absolute atomic E-state index is 0. The Morgan fingerprint density at radius 1 is 0.582 bits per heavy atom. The van der Waals surface area contributed by atoms with E-state index < -0.39 is 7.37 Å². The highest BCUT2D eigenvalue weighted by Crippen LogP contribution is 2.44. The van der Waals surface area contributed by atoms with Crippen LogP contribution in [0.5, 0.6) is 0 Å². The second-order valence-corrected chi connectivity index (χ2v) is 19.7. The highest BCUT2D eigenvalue weighted by atomic mass is 32.2. The molecule has 0 aromatic heterocycles. The number of hydrogen-bond donors (Lipinski definition) is 1. The van der Waals surface area contributed by atoms with Crippen molar-refractivity contribution >= 4 is 30.9 Å². The van der Waals surface area contributed by atoms with Gasteiger partial charge in [-0.15, -0.1) is 0 Å². The lowest BCUT2D eigenvalue weighted by Crippen LogP contribution is -2.50. The lowest BCUT2D eigenvalue weighted by Gasteiger charge is -2.44. The molecule has 2 heterocycles. The summed E-state index contributed by atoms with van der Waals surface area (Å²) in [6.45, 7) is 13.5. The van der Waals surface area contributed by atoms with E-state index in [2.05, 4.69) is 76.2 Å². The summed E-state index contributed by atoms with van der Waals surface area (Å²) in [5.74, 6) is 1.06. The summed E-state index contributed by atoms with van der Waals surface area (Å²) in [6.07, 6.45) is -0.339. The summed E-state index contributed by atoms with van der Waals surface area (Å²) in [7, 11) is -2.55. The normalized spacial score (nSPS) is 28.0. The summed E-state index contributed by atoms with van der Waals surface area (Å²) < 4.78 is 43.0. The maximum absolute atomic E-state index is 12.0. The van der Waals surface area contributed by atoms with Crippen molar-refractivity contribution in [2.24, 2.45) is 23.7 Å². The fraction of sp³-hybridized carbons (Fsp3) is 0.467. The Morgan fingerprint density at radius 3 is 1.33 bits per heavy atom. The molecule has 2 saturated heterocycles. The minimum atomic E-state index is -2.55. The van der Waals surface area contributed by atoms with Crippen molar-refractivity contribution in [2.45, 2.75) is 93.4 Å². The Hall–Kier alpha value is -2.43. The molecule has 0 amide bonds. The number of hydrogen-bond acceptors (Lipinski definition) is 9. The molecule has 0 radical (unpaired) electrons. The second-order valence-electron chi connectivity index (χ2n) is 14.6. The van der Waals surface area contributed by atoms with Gasteiger partial charge < -0.3 is 28.6 Å². The van der Waals surface area contributed by atoms with E-state index in [1.54, 1.807) is 36.9 Å². The fourth-order valence-corrected chi connectivity index (χ4v) is 9.61. The number of thioether (sulfide) groups is 2. The summed E-state index contributed by atoms with van der Waals surface area (Å²) in [5, 5.41) is 9.68. The van der Waals surface area contributed by atoms with Crippen LogP contribution >= 0.6 is 30.9 Å². The Labute approximate surface area is 338 Å². The molecule has 1 N–H and O–H groups in total. The lowest BCUT2D eigenvalue weighted by molar-refractivity contribution is -0.168. The van der Waals surface area contributed by atoms with E-state index in [1.165, 1.54) is 0 Å². The molecule has 2 aliphatic rings. The van der Waals surface area contributed by atoms with Crippen molar-refractivity contribution in [1.82, 2.24) is 0 Å². The van der Waals surface area contributed by atoms with Crippen LogP contribution in [-0.4, -0.2) is 66.9 Å². The second kappa shape index (κ2) is 22.5. The lowest BCUT2D eigenvalue weighted by atomic mass is 9.84. The molecule has 0 aliphatic carbocycles. The van der Waals surface area contributed by atoms with Crippen molar-refractivity contribution in [3.8, 4) is 0 Å². The molecule has 55 heavy (non-hydrogen) atoms. The number of aliphatic hydroxyl groups is 1. The van der Waals surface area contributed by atoms with Crippen molar-refractivity contribution in [1.29, 1.82) is 0 Å². The van der Waals surface area contributed by atoms with E-state index in [-0.39, 0.29) is 67.1 Å². The quantitative estimate of drug-likeness (QED) is 0.125. The summed E-state index contributed by atoms with van der Waals surface area (Å²) in [6, 6.07) is 40.9. The van der Waals surface area contributed by atoms with Gasteiger partial charge in [0.15, 0.2) is 7.37 Å². The third kappa shape index (κ3) is 13.9. The molecule has 0 spiro atoms. The maximum Gasteiger partial charge on any atom is 0.197 e. The molecule has 300 valence electrons. The zero-order valence-corrected chi connectivity index (χ0v) is 34.8. The molecule has 2 aliphatic heterocycles. The van der Waals surface area contributed by atoms with Crippen molar-refractivity contribution in [3.05, 3.63) is 132 Å². The largest absolute Gasteiger partial charge is 0.394 e. The van der Waals surface area contributed by atoms with Gasteiger partial charge in [-0.2, -0.15) is 0 Å². The van der Waals surface area contributed by atoms with Crippen LogP contribution in [0, 0.1) is 23.7 Å². The number of ether oxygens (including phenoxy) is 4. The minimum Gasteiger partial charge on any atom is -0.394 e. The van der Waals surface area contributed by atoms with Crippen LogP contribution in [0.3, 0.4) is 0 Å². The van der Waals surface area contributed by atoms with E-state index in [4.69, 9.17) is 23.5 Å². The standard InChI is InChI=1S/C23H31O4PS.C21H26O3S.CH4/c1-17-18(2)22(25-15-19-11-7-5-8-12-19)23(29-20-13-9-6-10-14-20)27-21(17)16-26-28(3,4)24;1-15-16(2)20(23-14-17-9-5-3-6-10-17)21(24-19(15)13-22)25-18-11-7-4-8-12-18;/h5-14,17-18,21-23H,15-16H2,1-4H3;3-12,15-16,19-22H,13-14H2,1-2H3;1H4/t17-,18-,21?,22?,23+;15-,16-,19?,20?,21+;/m00./s1. The smallest absolute Gasteiger partial charge is 0.197 e. The van der Waals surface area contributed by atoms with Gasteiger partial charge in [-0.1, -0.05) is 156 Å². The van der Waals surface area contributed by atoms with E-state index >= 15 is 0 Å². The van der Waals surface area contributed by atoms with Gasteiger partial charge in [0.25, 0.3) is 0 Å². The van der Waals surface area contributed by atoms with Crippen LogP contribution in [0.2, 0.25) is 0 Å². The summed E-state index contributed by atoms with van der Waals surface area (Å²) >= 11 is 3.35. The van der Waals surface area contributed by atoms with Gasteiger partial charge in [-0.25, -0.2) is 0 Å². The Balaban J connectivity index is 0.000000243. The zero-order chi connectivity index (χ0) is 38.5. The van der Waals surface area contributed by atoms with E-state index in [9.17, 15) is 9.67 Å². The number of rotatable bonds is 14. The third-order valence-electron chi connectivity index (χ3n) is 10.3. The molecule has 4 aromatic rings. The highest BCUT2D eigenvalue weighted by molar-refractivity contribution is 8.00. The van der Waals surface area contributed by atoms with Gasteiger partial charge in [-0.3, -0.25) is 4.57 Å². The molecule has 6 rings (SSSR count). The fourth-order valence-electron chi connectivity index (χ4n) is 6.62. The SMILES string of the molecule is C.C[C@@H]1C(CO)O[C@H](Sc2ccccc2)C(OCc2ccccc2)[C@H]1C.C[C@@H]1C(COP(C)(C)=O)O[C@H](Sc2ccccc2)C(OCc2ccccc2)[C@H]1C. The molecule has 7 nitrogen and oxygen atoms in total. The van der Waals surface area contributed by atoms with Crippen LogP contribution in [0.25, 0.3) is 0 Å². The Kier molecular flexibility index (Phi) is 18.5. The molecule has 10 atom stereocenters. The predicted octanol–water partition coefficient (Wildman–Crippen LogP) is 10.9. The van der Waals surface area contributed by atoms with E-state index in [0.717, 1.165) is 20.9 Å². The molecule has 2 fully saturated rings. The predicted molar refractivity (Wildman–Crippen MR) is 228 cm³/mol. The molecule has 0 bridgehead atoms. The van der Waals surface area contributed by atoms with Crippen molar-refractivity contribution in [3.63, 3.8) is 0 Å². The third-order valence-corrected chi connectivity index (χ3v) is 13.4. The van der Waals surface area contributed by atoms with Crippen LogP contribution in [0.4, 0.5) is 0 Å². The summed E-state index contributed by atoms with van der Waals surface area (Å²) in [4.78, 5) is 2.29. The highest BCUT2D eigenvalue weighted by Gasteiger charge is 2.44. The Bertz CT molecular complexity index is 1680. The van der Waals surface area contributed by atoms with E-state index in [0.29, 0.717) is 25.7 Å². The van der Waals surface area contributed by atoms with Gasteiger partial charge in [0.05, 0.1) is 50.8 Å². The summed E-state index contributed by atoms with van der Waals surface area (Å²) in [5.41, 5.74) is 2.03. The van der Waals surface area contributed by atoms with Crippen LogP contribution in [0.15, 0.2) is 131 Å². The molecular weight excluding hydrogens is 748 g/mol.